The molecular formula is C16H31NO3S. The molecule has 5 heteroatoms. The molecule has 2 saturated carbocycles. The summed E-state index contributed by atoms with van der Waals surface area (Å²) in [6.07, 6.45) is 10.1. The van der Waals surface area contributed by atoms with Crippen molar-refractivity contribution in [2.45, 2.75) is 77.7 Å². The SMILES string of the molecule is CC1(C)CCC(OCC2(CS(N)(=O)=O)CCCCC2)CC1. The molecule has 4 nitrogen and oxygen atoms in total. The summed E-state index contributed by atoms with van der Waals surface area (Å²) in [6, 6.07) is 0. The van der Waals surface area contributed by atoms with E-state index in [0.29, 0.717) is 18.1 Å². The van der Waals surface area contributed by atoms with Crippen molar-refractivity contribution in [1.82, 2.24) is 0 Å². The van der Waals surface area contributed by atoms with Gasteiger partial charge in [-0.3, -0.25) is 0 Å². The Morgan fingerprint density at radius 1 is 1.05 bits per heavy atom. The Labute approximate surface area is 129 Å². The van der Waals surface area contributed by atoms with Gasteiger partial charge in [0.2, 0.25) is 10.0 Å². The van der Waals surface area contributed by atoms with Crippen molar-refractivity contribution in [1.29, 1.82) is 0 Å². The smallest absolute Gasteiger partial charge is 0.209 e. The molecule has 0 amide bonds. The first-order chi connectivity index (χ1) is 9.70. The zero-order valence-corrected chi connectivity index (χ0v) is 14.4. The fourth-order valence-corrected chi connectivity index (χ4v) is 5.12. The molecule has 0 aromatic carbocycles. The van der Waals surface area contributed by atoms with Gasteiger partial charge in [0.15, 0.2) is 0 Å². The molecule has 21 heavy (non-hydrogen) atoms. The van der Waals surface area contributed by atoms with Crippen LogP contribution < -0.4 is 5.14 Å². The third-order valence-corrected chi connectivity index (χ3v) is 6.35. The highest BCUT2D eigenvalue weighted by atomic mass is 32.2. The molecule has 0 atom stereocenters. The van der Waals surface area contributed by atoms with E-state index in [1.165, 1.54) is 19.3 Å². The molecule has 2 aliphatic carbocycles. The van der Waals surface area contributed by atoms with Gasteiger partial charge in [-0.2, -0.15) is 0 Å². The van der Waals surface area contributed by atoms with Crippen LogP contribution in [0.3, 0.4) is 0 Å². The number of sulfonamides is 1. The van der Waals surface area contributed by atoms with Crippen molar-refractivity contribution in [3.8, 4) is 0 Å². The van der Waals surface area contributed by atoms with Gasteiger partial charge in [-0.15, -0.1) is 0 Å². The molecule has 0 heterocycles. The Kier molecular flexibility index (Phi) is 5.37. The minimum absolute atomic E-state index is 0.0816. The maximum absolute atomic E-state index is 11.6. The standard InChI is InChI=1S/C16H31NO3S/c1-15(2)10-6-14(7-11-15)20-12-16(13-21(17,18)19)8-4-3-5-9-16/h14H,3-13H2,1-2H3,(H2,17,18,19). The number of nitrogens with two attached hydrogens (primary N) is 1. The normalized spacial score (nSPS) is 26.6. The first-order valence-electron chi connectivity index (χ1n) is 8.32. The van der Waals surface area contributed by atoms with E-state index in [9.17, 15) is 8.42 Å². The van der Waals surface area contributed by atoms with E-state index >= 15 is 0 Å². The Balaban J connectivity index is 1.90. The monoisotopic (exact) mass is 317 g/mol. The second kappa shape index (κ2) is 6.55. The van der Waals surface area contributed by atoms with E-state index in [1.54, 1.807) is 0 Å². The Morgan fingerprint density at radius 3 is 2.14 bits per heavy atom. The van der Waals surface area contributed by atoms with Crippen molar-refractivity contribution in [2.24, 2.45) is 16.0 Å². The molecule has 2 aliphatic rings. The maximum Gasteiger partial charge on any atom is 0.209 e. The molecule has 2 rings (SSSR count). The first kappa shape index (κ1) is 17.2. The number of hydrogen-bond donors (Lipinski definition) is 1. The Morgan fingerprint density at radius 2 is 1.62 bits per heavy atom. The predicted molar refractivity (Wildman–Crippen MR) is 85.5 cm³/mol. The van der Waals surface area contributed by atoms with E-state index in [0.717, 1.165) is 38.5 Å². The van der Waals surface area contributed by atoms with Crippen LogP contribution in [-0.2, 0) is 14.8 Å². The van der Waals surface area contributed by atoms with Gasteiger partial charge in [0.25, 0.3) is 0 Å². The van der Waals surface area contributed by atoms with Crippen molar-refractivity contribution in [3.63, 3.8) is 0 Å². The van der Waals surface area contributed by atoms with Crippen LogP contribution in [0.5, 0.6) is 0 Å². The van der Waals surface area contributed by atoms with Gasteiger partial charge in [0.1, 0.15) is 0 Å². The minimum Gasteiger partial charge on any atom is -0.378 e. The fourth-order valence-electron chi connectivity index (χ4n) is 3.89. The van der Waals surface area contributed by atoms with Crippen molar-refractivity contribution < 1.29 is 13.2 Å². The summed E-state index contributed by atoms with van der Waals surface area (Å²) < 4.78 is 29.3. The van der Waals surface area contributed by atoms with Gasteiger partial charge in [0, 0.05) is 5.41 Å². The largest absolute Gasteiger partial charge is 0.378 e. The lowest BCUT2D eigenvalue weighted by molar-refractivity contribution is -0.0437. The second-order valence-corrected chi connectivity index (χ2v) is 9.66. The highest BCUT2D eigenvalue weighted by molar-refractivity contribution is 7.89. The van der Waals surface area contributed by atoms with Gasteiger partial charge >= 0.3 is 0 Å². The third kappa shape index (κ3) is 5.53. The molecule has 0 radical (unpaired) electrons. The summed E-state index contributed by atoms with van der Waals surface area (Å²) in [4.78, 5) is 0. The molecule has 0 aliphatic heterocycles. The molecular weight excluding hydrogens is 286 g/mol. The van der Waals surface area contributed by atoms with Gasteiger partial charge in [0.05, 0.1) is 18.5 Å². The van der Waals surface area contributed by atoms with Gasteiger partial charge in [-0.05, 0) is 43.9 Å². The van der Waals surface area contributed by atoms with E-state index < -0.39 is 10.0 Å². The molecule has 2 fully saturated rings. The highest BCUT2D eigenvalue weighted by Gasteiger charge is 2.37. The average molecular weight is 317 g/mol. The molecule has 0 spiro atoms. The third-order valence-electron chi connectivity index (χ3n) is 5.33. The summed E-state index contributed by atoms with van der Waals surface area (Å²) in [7, 11) is -3.43. The Hall–Kier alpha value is -0.130. The summed E-state index contributed by atoms with van der Waals surface area (Å²) in [5, 5.41) is 5.31. The van der Waals surface area contributed by atoms with Crippen molar-refractivity contribution >= 4 is 10.0 Å². The van der Waals surface area contributed by atoms with Crippen LogP contribution in [-0.4, -0.2) is 26.9 Å². The maximum atomic E-state index is 11.6. The lowest BCUT2D eigenvalue weighted by Gasteiger charge is -2.39. The number of ether oxygens (including phenoxy) is 1. The lowest BCUT2D eigenvalue weighted by Crippen LogP contribution is -2.40. The predicted octanol–water partition coefficient (Wildman–Crippen LogP) is 3.21. The van der Waals surface area contributed by atoms with Crippen LogP contribution in [0, 0.1) is 10.8 Å². The molecule has 2 N–H and O–H groups in total. The van der Waals surface area contributed by atoms with Crippen LogP contribution in [0.25, 0.3) is 0 Å². The lowest BCUT2D eigenvalue weighted by atomic mass is 9.75. The summed E-state index contributed by atoms with van der Waals surface area (Å²) in [5.41, 5.74) is 0.196. The van der Waals surface area contributed by atoms with Gasteiger partial charge in [-0.1, -0.05) is 33.1 Å². The molecule has 0 bridgehead atoms. The van der Waals surface area contributed by atoms with Crippen LogP contribution >= 0.6 is 0 Å². The Bertz CT molecular complexity index is 428. The quantitative estimate of drug-likeness (QED) is 0.846. The second-order valence-electron chi connectivity index (χ2n) is 8.04. The van der Waals surface area contributed by atoms with Crippen LogP contribution in [0.4, 0.5) is 0 Å². The van der Waals surface area contributed by atoms with E-state index in [2.05, 4.69) is 13.8 Å². The summed E-state index contributed by atoms with van der Waals surface area (Å²) in [5.74, 6) is 0.0816. The van der Waals surface area contributed by atoms with E-state index in [-0.39, 0.29) is 11.2 Å². The number of rotatable bonds is 5. The molecule has 0 aromatic rings. The molecule has 0 unspecified atom stereocenters. The van der Waals surface area contributed by atoms with Crippen LogP contribution in [0.15, 0.2) is 0 Å². The number of primary sulfonamides is 1. The first-order valence-corrected chi connectivity index (χ1v) is 10.0. The van der Waals surface area contributed by atoms with E-state index in [4.69, 9.17) is 9.88 Å². The van der Waals surface area contributed by atoms with Crippen molar-refractivity contribution in [2.75, 3.05) is 12.4 Å². The topological polar surface area (TPSA) is 69.4 Å². The summed E-state index contributed by atoms with van der Waals surface area (Å²) >= 11 is 0. The molecule has 124 valence electrons. The zero-order chi connectivity index (χ0) is 15.6. The van der Waals surface area contributed by atoms with Crippen LogP contribution in [0.1, 0.15) is 71.6 Å². The fraction of sp³-hybridized carbons (Fsp3) is 1.00. The van der Waals surface area contributed by atoms with Crippen molar-refractivity contribution in [3.05, 3.63) is 0 Å². The minimum atomic E-state index is -3.43. The van der Waals surface area contributed by atoms with E-state index in [1.807, 2.05) is 0 Å². The van der Waals surface area contributed by atoms with Crippen LogP contribution in [0.2, 0.25) is 0 Å². The highest BCUT2D eigenvalue weighted by Crippen LogP contribution is 2.40. The number of hydrogen-bond acceptors (Lipinski definition) is 3. The van der Waals surface area contributed by atoms with Gasteiger partial charge < -0.3 is 4.74 Å². The molecule has 0 aromatic heterocycles. The average Bonchev–Trinajstić information content (AvgIpc) is 2.36. The van der Waals surface area contributed by atoms with Gasteiger partial charge in [-0.25, -0.2) is 13.6 Å². The molecule has 0 saturated heterocycles. The zero-order valence-electron chi connectivity index (χ0n) is 13.6. The summed E-state index contributed by atoms with van der Waals surface area (Å²) in [6.45, 7) is 5.19.